The van der Waals surface area contributed by atoms with Crippen LogP contribution in [0.3, 0.4) is 0 Å². The molecular weight excluding hydrogens is 266 g/mol. The third-order valence-corrected chi connectivity index (χ3v) is 3.36. The number of pyridine rings is 1. The van der Waals surface area contributed by atoms with Gasteiger partial charge in [0.25, 0.3) is 6.43 Å². The summed E-state index contributed by atoms with van der Waals surface area (Å²) in [5, 5.41) is 9.49. The van der Waals surface area contributed by atoms with Crippen LogP contribution >= 0.6 is 0 Å². The Balaban J connectivity index is 1.85. The van der Waals surface area contributed by atoms with Gasteiger partial charge in [-0.15, -0.1) is 0 Å². The molecule has 1 atom stereocenters. The molecule has 0 radical (unpaired) electrons. The highest BCUT2D eigenvalue weighted by atomic mass is 19.3. The molecule has 0 aliphatic carbocycles. The summed E-state index contributed by atoms with van der Waals surface area (Å²) in [7, 11) is 0. The molecule has 1 saturated heterocycles. The molecule has 1 aliphatic rings. The molecule has 2 aromatic heterocycles. The van der Waals surface area contributed by atoms with E-state index in [4.69, 9.17) is 0 Å². The second-order valence-electron chi connectivity index (χ2n) is 4.95. The van der Waals surface area contributed by atoms with Gasteiger partial charge in [0.2, 0.25) is 0 Å². The van der Waals surface area contributed by atoms with E-state index in [1.807, 2.05) is 0 Å². The van der Waals surface area contributed by atoms with Gasteiger partial charge in [-0.1, -0.05) is 0 Å². The molecule has 1 N–H and O–H groups in total. The number of nitrogens with zero attached hydrogens (tertiary/aromatic N) is 4. The fraction of sp³-hybridized carbons (Fsp3) is 0.462. The third kappa shape index (κ3) is 2.73. The highest BCUT2D eigenvalue weighted by Crippen LogP contribution is 2.19. The lowest BCUT2D eigenvalue weighted by atomic mass is 10.2. The van der Waals surface area contributed by atoms with E-state index < -0.39 is 12.2 Å². The van der Waals surface area contributed by atoms with Gasteiger partial charge < -0.3 is 5.11 Å². The van der Waals surface area contributed by atoms with Gasteiger partial charge in [-0.05, 0) is 18.1 Å². The number of hydrogen-bond acceptors (Lipinski definition) is 5. The van der Waals surface area contributed by atoms with Crippen LogP contribution in [0, 0.1) is 0 Å². The number of β-amino-alcohol motifs (C(OH)–C–C–N with tert-alkyl or cyclic N) is 1. The number of hydrogen-bond donors (Lipinski definition) is 1. The van der Waals surface area contributed by atoms with Crippen LogP contribution in [0.5, 0.6) is 0 Å². The van der Waals surface area contributed by atoms with Crippen molar-refractivity contribution < 1.29 is 13.9 Å². The second-order valence-corrected chi connectivity index (χ2v) is 4.95. The second kappa shape index (κ2) is 5.34. The zero-order chi connectivity index (χ0) is 14.1. The van der Waals surface area contributed by atoms with Crippen LogP contribution in [0.4, 0.5) is 8.78 Å². The number of aliphatic hydroxyl groups is 1. The largest absolute Gasteiger partial charge is 0.392 e. The topological polar surface area (TPSA) is 62.1 Å². The van der Waals surface area contributed by atoms with Crippen molar-refractivity contribution >= 4 is 11.0 Å². The van der Waals surface area contributed by atoms with Crippen LogP contribution in [0.1, 0.15) is 24.2 Å². The van der Waals surface area contributed by atoms with E-state index in [0.29, 0.717) is 24.1 Å². The summed E-state index contributed by atoms with van der Waals surface area (Å²) in [4.78, 5) is 13.7. The molecule has 3 heterocycles. The number of rotatable bonds is 3. The van der Waals surface area contributed by atoms with Gasteiger partial charge in [0.15, 0.2) is 5.82 Å². The predicted molar refractivity (Wildman–Crippen MR) is 68.2 cm³/mol. The standard InChI is InChI=1S/C13H14F2N4O/c14-12(15)13-17-5-11-10(18-13)3-8(4-16-11)6-19-2-1-9(20)7-19/h3-5,9,12,20H,1-2,6-7H2. The molecule has 2 aromatic rings. The van der Waals surface area contributed by atoms with Crippen molar-refractivity contribution in [3.63, 3.8) is 0 Å². The lowest BCUT2D eigenvalue weighted by molar-refractivity contribution is 0.140. The van der Waals surface area contributed by atoms with E-state index >= 15 is 0 Å². The van der Waals surface area contributed by atoms with E-state index in [1.165, 1.54) is 6.20 Å². The zero-order valence-corrected chi connectivity index (χ0v) is 10.7. The Labute approximate surface area is 114 Å². The molecule has 0 spiro atoms. The summed E-state index contributed by atoms with van der Waals surface area (Å²) in [5.41, 5.74) is 1.82. The van der Waals surface area contributed by atoms with Crippen molar-refractivity contribution in [3.05, 3.63) is 29.8 Å². The van der Waals surface area contributed by atoms with Crippen molar-refractivity contribution in [3.8, 4) is 0 Å². The van der Waals surface area contributed by atoms with E-state index in [2.05, 4.69) is 19.9 Å². The minimum Gasteiger partial charge on any atom is -0.392 e. The summed E-state index contributed by atoms with van der Waals surface area (Å²) in [6, 6.07) is 1.75. The SMILES string of the molecule is OC1CCN(Cc2cnc3cnc(C(F)F)nc3c2)C1. The van der Waals surface area contributed by atoms with Gasteiger partial charge in [0.1, 0.15) is 5.52 Å². The van der Waals surface area contributed by atoms with Crippen LogP contribution in [0.2, 0.25) is 0 Å². The number of fused-ring (bicyclic) bond motifs is 1. The Morgan fingerprint density at radius 3 is 2.85 bits per heavy atom. The quantitative estimate of drug-likeness (QED) is 0.923. The van der Waals surface area contributed by atoms with Gasteiger partial charge in [0, 0.05) is 25.8 Å². The first kappa shape index (κ1) is 13.3. The molecule has 1 aliphatic heterocycles. The number of alkyl halides is 2. The van der Waals surface area contributed by atoms with E-state index in [0.717, 1.165) is 18.5 Å². The van der Waals surface area contributed by atoms with Crippen LogP contribution in [0.15, 0.2) is 18.5 Å². The summed E-state index contributed by atoms with van der Waals surface area (Å²) in [5.74, 6) is -0.479. The maximum Gasteiger partial charge on any atom is 0.297 e. The highest BCUT2D eigenvalue weighted by Gasteiger charge is 2.20. The van der Waals surface area contributed by atoms with E-state index in [1.54, 1.807) is 12.3 Å². The summed E-state index contributed by atoms with van der Waals surface area (Å²) in [6.45, 7) is 2.09. The molecular formula is C13H14F2N4O. The first-order valence-corrected chi connectivity index (χ1v) is 6.42. The molecule has 0 bridgehead atoms. The Hall–Kier alpha value is -1.73. The summed E-state index contributed by atoms with van der Waals surface area (Å²) >= 11 is 0. The van der Waals surface area contributed by atoms with E-state index in [-0.39, 0.29) is 6.10 Å². The molecule has 3 rings (SSSR count). The van der Waals surface area contributed by atoms with Gasteiger partial charge in [-0.25, -0.2) is 18.7 Å². The smallest absolute Gasteiger partial charge is 0.297 e. The Morgan fingerprint density at radius 1 is 1.30 bits per heavy atom. The first-order chi connectivity index (χ1) is 9.61. The number of aliphatic hydroxyl groups excluding tert-OH is 1. The highest BCUT2D eigenvalue weighted by molar-refractivity contribution is 5.73. The number of aromatic nitrogens is 3. The Morgan fingerprint density at radius 2 is 2.15 bits per heavy atom. The van der Waals surface area contributed by atoms with Gasteiger partial charge in [0.05, 0.1) is 17.8 Å². The summed E-state index contributed by atoms with van der Waals surface area (Å²) < 4.78 is 25.2. The third-order valence-electron chi connectivity index (χ3n) is 3.36. The molecule has 0 aromatic carbocycles. The lowest BCUT2D eigenvalue weighted by Crippen LogP contribution is -2.21. The normalized spacial score (nSPS) is 20.1. The van der Waals surface area contributed by atoms with E-state index in [9.17, 15) is 13.9 Å². The lowest BCUT2D eigenvalue weighted by Gasteiger charge is -2.14. The zero-order valence-electron chi connectivity index (χ0n) is 10.7. The monoisotopic (exact) mass is 280 g/mol. The average molecular weight is 280 g/mol. The van der Waals surface area contributed by atoms with Crippen molar-refractivity contribution in [1.29, 1.82) is 0 Å². The van der Waals surface area contributed by atoms with Crippen molar-refractivity contribution in [2.75, 3.05) is 13.1 Å². The fourth-order valence-corrected chi connectivity index (χ4v) is 2.38. The molecule has 7 heteroatoms. The van der Waals surface area contributed by atoms with Crippen LogP contribution in [0.25, 0.3) is 11.0 Å². The molecule has 5 nitrogen and oxygen atoms in total. The Bertz CT molecular complexity index is 622. The average Bonchev–Trinajstić information content (AvgIpc) is 2.83. The van der Waals surface area contributed by atoms with Crippen LogP contribution in [-0.2, 0) is 6.54 Å². The fourth-order valence-electron chi connectivity index (χ4n) is 2.38. The molecule has 20 heavy (non-hydrogen) atoms. The molecule has 106 valence electrons. The minimum atomic E-state index is -2.68. The minimum absolute atomic E-state index is 0.281. The number of halogens is 2. The van der Waals surface area contributed by atoms with Gasteiger partial charge >= 0.3 is 0 Å². The molecule has 0 amide bonds. The first-order valence-electron chi connectivity index (χ1n) is 6.42. The van der Waals surface area contributed by atoms with Crippen molar-refractivity contribution in [2.45, 2.75) is 25.5 Å². The van der Waals surface area contributed by atoms with Crippen molar-refractivity contribution in [1.82, 2.24) is 19.9 Å². The van der Waals surface area contributed by atoms with Crippen molar-refractivity contribution in [2.24, 2.45) is 0 Å². The van der Waals surface area contributed by atoms with Gasteiger partial charge in [-0.2, -0.15) is 0 Å². The predicted octanol–water partition coefficient (Wildman–Crippen LogP) is 1.53. The van der Waals surface area contributed by atoms with Gasteiger partial charge in [-0.3, -0.25) is 9.88 Å². The Kier molecular flexibility index (Phi) is 3.54. The van der Waals surface area contributed by atoms with Crippen LogP contribution in [-0.4, -0.2) is 44.2 Å². The molecule has 1 fully saturated rings. The molecule has 0 saturated carbocycles. The van der Waals surface area contributed by atoms with Crippen LogP contribution < -0.4 is 0 Å². The maximum atomic E-state index is 12.6. The molecule has 1 unspecified atom stereocenters. The maximum absolute atomic E-state index is 12.6. The summed E-state index contributed by atoms with van der Waals surface area (Å²) in [6.07, 6.45) is 0.803. The number of likely N-dealkylation sites (tertiary alicyclic amines) is 1.